The molecule has 0 aliphatic rings. The van der Waals surface area contributed by atoms with Gasteiger partial charge in [0, 0.05) is 35.8 Å². The maximum Gasteiger partial charge on any atom is 0.417 e. The first-order chi connectivity index (χ1) is 17.6. The highest BCUT2D eigenvalue weighted by Gasteiger charge is 2.35. The van der Waals surface area contributed by atoms with Crippen LogP contribution >= 0.6 is 27.5 Å². The number of benzene rings is 2. The number of hydrogen-bond acceptors (Lipinski definition) is 4. The maximum atomic E-state index is 13.5. The van der Waals surface area contributed by atoms with E-state index in [0.717, 1.165) is 11.6 Å². The van der Waals surface area contributed by atoms with Crippen molar-refractivity contribution in [3.8, 4) is 11.3 Å². The summed E-state index contributed by atoms with van der Waals surface area (Å²) in [6, 6.07) is 14.1. The van der Waals surface area contributed by atoms with E-state index in [-0.39, 0.29) is 10.9 Å². The Balaban J connectivity index is 1.54. The predicted octanol–water partition coefficient (Wildman–Crippen LogP) is 7.07. The fourth-order valence-corrected chi connectivity index (χ4v) is 5.79. The van der Waals surface area contributed by atoms with Crippen molar-refractivity contribution in [3.63, 3.8) is 0 Å². The lowest BCUT2D eigenvalue weighted by atomic mass is 10.1. The standard InChI is InChI=1S/C25H24BrClF3N5OS/c1-3-34(37(36)22-11-7-5-9-18(22)25(28,29)30)13-12-16(2)32-23-14-21(17-8-4-6-10-20(17)27)33-24-19(26)15-31-35(23)24/h4-11,14-16,32H,3,12-13H2,1-2H3. The molecular weight excluding hydrogens is 591 g/mol. The van der Waals surface area contributed by atoms with Gasteiger partial charge in [0.1, 0.15) is 16.8 Å². The van der Waals surface area contributed by atoms with Crippen LogP contribution in [0, 0.1) is 0 Å². The molecule has 4 aromatic rings. The van der Waals surface area contributed by atoms with Crippen LogP contribution in [0.25, 0.3) is 16.9 Å². The zero-order chi connectivity index (χ0) is 26.7. The molecule has 0 saturated carbocycles. The molecule has 4 rings (SSSR count). The van der Waals surface area contributed by atoms with Crippen molar-refractivity contribution in [1.82, 2.24) is 18.9 Å². The van der Waals surface area contributed by atoms with E-state index in [9.17, 15) is 17.4 Å². The van der Waals surface area contributed by atoms with Crippen LogP contribution in [0.1, 0.15) is 25.8 Å². The first kappa shape index (κ1) is 27.6. The van der Waals surface area contributed by atoms with Crippen molar-refractivity contribution < 1.29 is 17.4 Å². The van der Waals surface area contributed by atoms with Crippen molar-refractivity contribution in [1.29, 1.82) is 0 Å². The van der Waals surface area contributed by atoms with E-state index in [0.29, 0.717) is 46.2 Å². The van der Waals surface area contributed by atoms with Gasteiger partial charge in [0.05, 0.1) is 26.8 Å². The SMILES string of the molecule is CCN(CCC(C)Nc1cc(-c2ccccc2Cl)nc2c(Br)cnn12)S(=O)c1ccccc1C(F)(F)F. The van der Waals surface area contributed by atoms with Crippen LogP contribution in [-0.2, 0) is 17.2 Å². The molecule has 1 N–H and O–H groups in total. The summed E-state index contributed by atoms with van der Waals surface area (Å²) in [5.41, 5.74) is 1.15. The van der Waals surface area contributed by atoms with E-state index in [1.165, 1.54) is 22.5 Å². The number of halogens is 5. The second kappa shape index (κ2) is 11.5. The molecule has 37 heavy (non-hydrogen) atoms. The normalized spacial score (nSPS) is 13.7. The van der Waals surface area contributed by atoms with Crippen LogP contribution in [0.4, 0.5) is 19.0 Å². The van der Waals surface area contributed by atoms with E-state index in [2.05, 4.69) is 26.3 Å². The molecule has 2 heterocycles. The molecule has 2 aromatic carbocycles. The van der Waals surface area contributed by atoms with Crippen molar-refractivity contribution in [2.24, 2.45) is 0 Å². The van der Waals surface area contributed by atoms with Crippen molar-refractivity contribution in [2.75, 3.05) is 18.4 Å². The smallest absolute Gasteiger partial charge is 0.367 e. The molecule has 0 spiro atoms. The van der Waals surface area contributed by atoms with Crippen LogP contribution in [-0.4, -0.2) is 42.2 Å². The average molecular weight is 615 g/mol. The number of nitrogens with one attached hydrogen (secondary N) is 1. The van der Waals surface area contributed by atoms with E-state index < -0.39 is 22.7 Å². The van der Waals surface area contributed by atoms with E-state index in [1.807, 2.05) is 31.2 Å². The Hall–Kier alpha value is -2.47. The number of aromatic nitrogens is 3. The molecule has 0 saturated heterocycles. The van der Waals surface area contributed by atoms with Crippen LogP contribution in [0.3, 0.4) is 0 Å². The molecule has 2 unspecified atom stereocenters. The molecule has 12 heteroatoms. The summed E-state index contributed by atoms with van der Waals surface area (Å²) >= 11 is 9.88. The Morgan fingerprint density at radius 3 is 2.59 bits per heavy atom. The van der Waals surface area contributed by atoms with E-state index in [1.54, 1.807) is 23.7 Å². The lowest BCUT2D eigenvalue weighted by Crippen LogP contribution is -2.31. The molecule has 196 valence electrons. The molecule has 0 bridgehead atoms. The van der Waals surface area contributed by atoms with Gasteiger partial charge in [-0.15, -0.1) is 0 Å². The molecular formula is C25H24BrClF3N5OS. The third kappa shape index (κ3) is 6.17. The Kier molecular flexibility index (Phi) is 8.57. The average Bonchev–Trinajstić information content (AvgIpc) is 3.25. The number of rotatable bonds is 9. The van der Waals surface area contributed by atoms with Gasteiger partial charge in [-0.3, -0.25) is 0 Å². The fourth-order valence-electron chi connectivity index (χ4n) is 3.86. The van der Waals surface area contributed by atoms with E-state index in [4.69, 9.17) is 16.6 Å². The van der Waals surface area contributed by atoms with Gasteiger partial charge in [-0.2, -0.15) is 22.8 Å². The van der Waals surface area contributed by atoms with Gasteiger partial charge >= 0.3 is 6.18 Å². The van der Waals surface area contributed by atoms with Crippen LogP contribution in [0.2, 0.25) is 5.02 Å². The highest BCUT2D eigenvalue weighted by atomic mass is 79.9. The summed E-state index contributed by atoms with van der Waals surface area (Å²) in [5.74, 6) is 0.671. The second-order valence-electron chi connectivity index (χ2n) is 8.33. The zero-order valence-electron chi connectivity index (χ0n) is 20.0. The zero-order valence-corrected chi connectivity index (χ0v) is 23.1. The van der Waals surface area contributed by atoms with Crippen LogP contribution in [0.5, 0.6) is 0 Å². The number of hydrogen-bond donors (Lipinski definition) is 1. The molecule has 0 aliphatic heterocycles. The highest BCUT2D eigenvalue weighted by molar-refractivity contribution is 9.10. The second-order valence-corrected chi connectivity index (χ2v) is 11.0. The maximum absolute atomic E-state index is 13.5. The molecule has 0 aliphatic carbocycles. The van der Waals surface area contributed by atoms with Crippen molar-refractivity contribution in [3.05, 3.63) is 75.9 Å². The van der Waals surface area contributed by atoms with Gasteiger partial charge in [-0.05, 0) is 47.5 Å². The minimum atomic E-state index is -4.58. The molecule has 0 amide bonds. The first-order valence-corrected chi connectivity index (χ1v) is 13.8. The van der Waals surface area contributed by atoms with Gasteiger partial charge in [-0.1, -0.05) is 48.9 Å². The summed E-state index contributed by atoms with van der Waals surface area (Å²) in [6.07, 6.45) is -2.42. The summed E-state index contributed by atoms with van der Waals surface area (Å²) in [5, 5.41) is 8.36. The predicted molar refractivity (Wildman–Crippen MR) is 144 cm³/mol. The quantitative estimate of drug-likeness (QED) is 0.219. The Bertz CT molecular complexity index is 1430. The third-order valence-electron chi connectivity index (χ3n) is 5.75. The Labute approximate surface area is 228 Å². The molecule has 0 radical (unpaired) electrons. The molecule has 0 fully saturated rings. The first-order valence-electron chi connectivity index (χ1n) is 11.5. The number of fused-ring (bicyclic) bond motifs is 1. The molecule has 2 aromatic heterocycles. The minimum absolute atomic E-state index is 0.128. The summed E-state index contributed by atoms with van der Waals surface area (Å²) in [4.78, 5) is 4.46. The number of alkyl halides is 3. The van der Waals surface area contributed by atoms with Crippen molar-refractivity contribution in [2.45, 2.75) is 37.4 Å². The third-order valence-corrected chi connectivity index (χ3v) is 8.28. The summed E-state index contributed by atoms with van der Waals surface area (Å²) in [7, 11) is -1.96. The van der Waals surface area contributed by atoms with Gasteiger partial charge in [0.2, 0.25) is 0 Å². The highest BCUT2D eigenvalue weighted by Crippen LogP contribution is 2.34. The Morgan fingerprint density at radius 1 is 1.19 bits per heavy atom. The van der Waals surface area contributed by atoms with Gasteiger partial charge in [0.15, 0.2) is 5.65 Å². The van der Waals surface area contributed by atoms with Gasteiger partial charge in [-0.25, -0.2) is 13.5 Å². The lowest BCUT2D eigenvalue weighted by Gasteiger charge is -2.24. The monoisotopic (exact) mass is 613 g/mol. The topological polar surface area (TPSA) is 62.5 Å². The fraction of sp³-hybridized carbons (Fsp3) is 0.280. The molecule has 6 nitrogen and oxygen atoms in total. The van der Waals surface area contributed by atoms with Crippen LogP contribution in [0.15, 0.2) is 70.2 Å². The van der Waals surface area contributed by atoms with Gasteiger partial charge in [0.25, 0.3) is 0 Å². The summed E-state index contributed by atoms with van der Waals surface area (Å²) < 4.78 is 57.4. The largest absolute Gasteiger partial charge is 0.417 e. The van der Waals surface area contributed by atoms with Gasteiger partial charge < -0.3 is 5.32 Å². The minimum Gasteiger partial charge on any atom is -0.367 e. The van der Waals surface area contributed by atoms with Crippen LogP contribution < -0.4 is 5.32 Å². The number of anilines is 1. The number of nitrogens with zero attached hydrogens (tertiary/aromatic N) is 4. The Morgan fingerprint density at radius 2 is 1.89 bits per heavy atom. The van der Waals surface area contributed by atoms with E-state index >= 15 is 0 Å². The summed E-state index contributed by atoms with van der Waals surface area (Å²) in [6.45, 7) is 4.36. The van der Waals surface area contributed by atoms with Crippen molar-refractivity contribution >= 4 is 50.0 Å². The molecule has 2 atom stereocenters. The lowest BCUT2D eigenvalue weighted by molar-refractivity contribution is -0.139.